The zero-order valence-electron chi connectivity index (χ0n) is 11.1. The third kappa shape index (κ3) is 2.56. The van der Waals surface area contributed by atoms with E-state index < -0.39 is 17.2 Å². The number of halogens is 2. The molecule has 2 unspecified atom stereocenters. The molecule has 0 aliphatic carbocycles. The van der Waals surface area contributed by atoms with E-state index in [1.165, 1.54) is 29.5 Å². The average Bonchev–Trinajstić information content (AvgIpc) is 3.09. The van der Waals surface area contributed by atoms with Gasteiger partial charge in [0.15, 0.2) is 0 Å². The molecule has 0 saturated carbocycles. The fraction of sp³-hybridized carbons (Fsp3) is 0.357. The maximum atomic E-state index is 14.2. The number of benzene rings is 1. The summed E-state index contributed by atoms with van der Waals surface area (Å²) in [6, 6.07) is 3.35. The molecule has 0 bridgehead atoms. The van der Waals surface area contributed by atoms with Gasteiger partial charge in [0.2, 0.25) is 0 Å². The van der Waals surface area contributed by atoms with Gasteiger partial charge < -0.3 is 9.53 Å². The summed E-state index contributed by atoms with van der Waals surface area (Å²) in [4.78, 5) is 14.8. The number of hydrogen-bond acceptors (Lipinski definition) is 4. The lowest BCUT2D eigenvalue weighted by atomic mass is 9.87. The van der Waals surface area contributed by atoms with Crippen LogP contribution in [0.3, 0.4) is 0 Å². The summed E-state index contributed by atoms with van der Waals surface area (Å²) in [6.45, 7) is 0.412. The van der Waals surface area contributed by atoms with Gasteiger partial charge in [0, 0.05) is 17.5 Å². The summed E-state index contributed by atoms with van der Waals surface area (Å²) in [5.74, 6) is -1.67. The number of aldehydes is 1. The van der Waals surface area contributed by atoms with Crippen molar-refractivity contribution in [1.82, 2.24) is 14.8 Å². The van der Waals surface area contributed by atoms with Crippen molar-refractivity contribution in [2.24, 2.45) is 5.92 Å². The molecule has 1 fully saturated rings. The number of aromatic nitrogens is 3. The van der Waals surface area contributed by atoms with Crippen LogP contribution in [0, 0.1) is 17.6 Å². The Balaban J connectivity index is 2.01. The van der Waals surface area contributed by atoms with Crippen LogP contribution in [0.1, 0.15) is 12.0 Å². The first kappa shape index (κ1) is 13.8. The topological polar surface area (TPSA) is 57.0 Å². The summed E-state index contributed by atoms with van der Waals surface area (Å²) >= 11 is 0. The van der Waals surface area contributed by atoms with Crippen molar-refractivity contribution >= 4 is 6.29 Å². The minimum atomic E-state index is -1.04. The summed E-state index contributed by atoms with van der Waals surface area (Å²) in [5.41, 5.74) is -0.819. The van der Waals surface area contributed by atoms with Crippen LogP contribution in [0.25, 0.3) is 0 Å². The van der Waals surface area contributed by atoms with Gasteiger partial charge in [0.05, 0.1) is 13.2 Å². The van der Waals surface area contributed by atoms with Gasteiger partial charge in [-0.2, -0.15) is 5.10 Å². The van der Waals surface area contributed by atoms with Crippen LogP contribution in [0.15, 0.2) is 30.9 Å². The van der Waals surface area contributed by atoms with Crippen LogP contribution < -0.4 is 0 Å². The molecule has 0 N–H and O–H groups in total. The van der Waals surface area contributed by atoms with Crippen molar-refractivity contribution in [3.05, 3.63) is 48.1 Å². The van der Waals surface area contributed by atoms with Crippen molar-refractivity contribution in [2.75, 3.05) is 6.61 Å². The van der Waals surface area contributed by atoms with Gasteiger partial charge in [-0.1, -0.05) is 6.07 Å². The molecule has 0 amide bonds. The zero-order chi connectivity index (χ0) is 14.9. The van der Waals surface area contributed by atoms with E-state index in [1.54, 1.807) is 0 Å². The predicted octanol–water partition coefficient (Wildman–Crippen LogP) is 1.69. The number of carbonyl (C=O) groups excluding carboxylic acids is 1. The minimum absolute atomic E-state index is 0.203. The quantitative estimate of drug-likeness (QED) is 0.805. The fourth-order valence-electron chi connectivity index (χ4n) is 2.71. The smallest absolute Gasteiger partial charge is 0.137 e. The van der Waals surface area contributed by atoms with E-state index in [1.807, 2.05) is 0 Å². The van der Waals surface area contributed by atoms with Gasteiger partial charge in [-0.15, -0.1) is 0 Å². The number of carbonyl (C=O) groups is 1. The number of nitrogens with zero attached hydrogens (tertiary/aromatic N) is 3. The summed E-state index contributed by atoms with van der Waals surface area (Å²) in [5, 5.41) is 3.99. The fourth-order valence-corrected chi connectivity index (χ4v) is 2.71. The molecule has 5 nitrogen and oxygen atoms in total. The van der Waals surface area contributed by atoms with Crippen molar-refractivity contribution < 1.29 is 18.3 Å². The molecule has 2 heterocycles. The van der Waals surface area contributed by atoms with E-state index in [9.17, 15) is 13.6 Å². The highest BCUT2D eigenvalue weighted by Crippen LogP contribution is 2.41. The highest BCUT2D eigenvalue weighted by atomic mass is 19.1. The monoisotopic (exact) mass is 293 g/mol. The lowest BCUT2D eigenvalue weighted by molar-refractivity contribution is -0.111. The average molecular weight is 293 g/mol. The Morgan fingerprint density at radius 3 is 2.95 bits per heavy atom. The molecule has 1 aromatic heterocycles. The van der Waals surface area contributed by atoms with Gasteiger partial charge in [0.25, 0.3) is 0 Å². The van der Waals surface area contributed by atoms with Gasteiger partial charge in [-0.3, -0.25) is 0 Å². The lowest BCUT2D eigenvalue weighted by Gasteiger charge is -2.29. The highest BCUT2D eigenvalue weighted by Gasteiger charge is 2.44. The molecular formula is C14H13F2N3O2. The molecule has 3 rings (SSSR count). The third-order valence-electron chi connectivity index (χ3n) is 3.66. The molecule has 7 heteroatoms. The molecule has 1 aliphatic rings. The standard InChI is InChI=1S/C14H13F2N3O2/c15-11-1-2-12(13(16)3-11)14(4-10(5-20)6-21-14)7-19-9-17-8-18-19/h1-3,5,8-10H,4,6-7H2. The molecule has 1 aromatic carbocycles. The maximum absolute atomic E-state index is 14.2. The minimum Gasteiger partial charge on any atom is -0.367 e. The van der Waals surface area contributed by atoms with E-state index in [-0.39, 0.29) is 24.6 Å². The highest BCUT2D eigenvalue weighted by molar-refractivity contribution is 5.55. The van der Waals surface area contributed by atoms with Crippen LogP contribution in [0.5, 0.6) is 0 Å². The number of hydrogen-bond donors (Lipinski definition) is 0. The Hall–Kier alpha value is -2.15. The second kappa shape index (κ2) is 5.33. The van der Waals surface area contributed by atoms with Crippen molar-refractivity contribution in [2.45, 2.75) is 18.6 Å². The third-order valence-corrected chi connectivity index (χ3v) is 3.66. The largest absolute Gasteiger partial charge is 0.367 e. The van der Waals surface area contributed by atoms with Crippen molar-refractivity contribution in [1.29, 1.82) is 0 Å². The van der Waals surface area contributed by atoms with Gasteiger partial charge >= 0.3 is 0 Å². The lowest BCUT2D eigenvalue weighted by Crippen LogP contribution is -2.32. The molecule has 21 heavy (non-hydrogen) atoms. The molecule has 2 aromatic rings. The second-order valence-corrected chi connectivity index (χ2v) is 5.12. The van der Waals surface area contributed by atoms with Gasteiger partial charge in [-0.25, -0.2) is 18.4 Å². The zero-order valence-corrected chi connectivity index (χ0v) is 11.1. The Kier molecular flexibility index (Phi) is 3.50. The maximum Gasteiger partial charge on any atom is 0.137 e. The number of rotatable bonds is 4. The molecule has 110 valence electrons. The molecule has 1 aliphatic heterocycles. The van der Waals surface area contributed by atoms with Crippen LogP contribution >= 0.6 is 0 Å². The van der Waals surface area contributed by atoms with Crippen LogP contribution in [0.4, 0.5) is 8.78 Å². The van der Waals surface area contributed by atoms with Gasteiger partial charge in [-0.05, 0) is 12.5 Å². The summed E-state index contributed by atoms with van der Waals surface area (Å²) in [7, 11) is 0. The van der Waals surface area contributed by atoms with E-state index in [4.69, 9.17) is 4.74 Å². The van der Waals surface area contributed by atoms with E-state index in [0.29, 0.717) is 6.42 Å². The number of ether oxygens (including phenoxy) is 1. The van der Waals surface area contributed by atoms with Crippen molar-refractivity contribution in [3.63, 3.8) is 0 Å². The van der Waals surface area contributed by atoms with Crippen molar-refractivity contribution in [3.8, 4) is 0 Å². The SMILES string of the molecule is O=CC1COC(Cn2cncn2)(c2ccc(F)cc2F)C1. The Bertz CT molecular complexity index is 648. The molecule has 0 radical (unpaired) electrons. The normalized spacial score (nSPS) is 25.1. The molecule has 0 spiro atoms. The first-order valence-corrected chi connectivity index (χ1v) is 6.50. The summed E-state index contributed by atoms with van der Waals surface area (Å²) in [6.07, 6.45) is 3.96. The second-order valence-electron chi connectivity index (χ2n) is 5.12. The Morgan fingerprint density at radius 2 is 2.33 bits per heavy atom. The van der Waals surface area contributed by atoms with Crippen LogP contribution in [-0.4, -0.2) is 27.7 Å². The van der Waals surface area contributed by atoms with E-state index in [2.05, 4.69) is 10.1 Å². The Morgan fingerprint density at radius 1 is 1.48 bits per heavy atom. The Labute approximate surface area is 119 Å². The first-order valence-electron chi connectivity index (χ1n) is 6.50. The first-order chi connectivity index (χ1) is 10.1. The predicted molar refractivity (Wildman–Crippen MR) is 68.2 cm³/mol. The molecular weight excluding hydrogens is 280 g/mol. The van der Waals surface area contributed by atoms with Gasteiger partial charge in [0.1, 0.15) is 36.2 Å². The molecule has 1 saturated heterocycles. The van der Waals surface area contributed by atoms with Crippen LogP contribution in [0.2, 0.25) is 0 Å². The molecule has 2 atom stereocenters. The van der Waals surface area contributed by atoms with E-state index in [0.717, 1.165) is 12.4 Å². The summed E-state index contributed by atoms with van der Waals surface area (Å²) < 4.78 is 34.5. The van der Waals surface area contributed by atoms with Crippen LogP contribution in [-0.2, 0) is 21.7 Å². The van der Waals surface area contributed by atoms with E-state index >= 15 is 0 Å².